The highest BCUT2D eigenvalue weighted by Crippen LogP contribution is 2.26. The van der Waals surface area contributed by atoms with Crippen molar-refractivity contribution in [3.05, 3.63) is 28.8 Å². The lowest BCUT2D eigenvalue weighted by atomic mass is 10.2. The molecule has 0 atom stereocenters. The Morgan fingerprint density at radius 1 is 1.41 bits per heavy atom. The number of nitrogens with zero attached hydrogens (tertiary/aromatic N) is 1. The second-order valence-corrected chi connectivity index (χ2v) is 4.48. The van der Waals surface area contributed by atoms with Gasteiger partial charge in [-0.25, -0.2) is 0 Å². The zero-order valence-electron chi connectivity index (χ0n) is 9.91. The minimum absolute atomic E-state index is 0.0625. The minimum Gasteiger partial charge on any atom is -0.492 e. The third-order valence-electron chi connectivity index (χ3n) is 2.87. The van der Waals surface area contributed by atoms with E-state index in [0.29, 0.717) is 22.9 Å². The largest absolute Gasteiger partial charge is 0.492 e. The molecule has 1 fully saturated rings. The molecule has 1 heterocycles. The number of rotatable bonds is 3. The number of carbonyl (C=O) groups is 1. The second kappa shape index (κ2) is 5.41. The van der Waals surface area contributed by atoms with Gasteiger partial charge in [-0.2, -0.15) is 0 Å². The van der Waals surface area contributed by atoms with Gasteiger partial charge in [0.25, 0.3) is 5.91 Å². The summed E-state index contributed by atoms with van der Waals surface area (Å²) in [5, 5.41) is 0.497. The van der Waals surface area contributed by atoms with Crippen molar-refractivity contribution >= 4 is 17.5 Å². The summed E-state index contributed by atoms with van der Waals surface area (Å²) in [7, 11) is 0. The van der Waals surface area contributed by atoms with Gasteiger partial charge in [0.1, 0.15) is 5.75 Å². The van der Waals surface area contributed by atoms with E-state index in [2.05, 4.69) is 0 Å². The lowest BCUT2D eigenvalue weighted by molar-refractivity contribution is 0.0793. The van der Waals surface area contributed by atoms with Gasteiger partial charge < -0.3 is 9.64 Å². The molecule has 0 aliphatic carbocycles. The van der Waals surface area contributed by atoms with Gasteiger partial charge >= 0.3 is 0 Å². The highest BCUT2D eigenvalue weighted by atomic mass is 35.5. The molecule has 0 N–H and O–H groups in total. The SMILES string of the molecule is CCOc1ccc(C(=O)N2CCCC2)cc1Cl. The topological polar surface area (TPSA) is 29.5 Å². The van der Waals surface area contributed by atoms with Crippen LogP contribution in [0.25, 0.3) is 0 Å². The Morgan fingerprint density at radius 3 is 2.71 bits per heavy atom. The molecule has 2 rings (SSSR count). The average molecular weight is 254 g/mol. The lowest BCUT2D eigenvalue weighted by Crippen LogP contribution is -2.27. The number of carbonyl (C=O) groups excluding carboxylic acids is 1. The van der Waals surface area contributed by atoms with Crippen molar-refractivity contribution in [3.8, 4) is 5.75 Å². The Hall–Kier alpha value is -1.22. The Morgan fingerprint density at radius 2 is 2.12 bits per heavy atom. The number of halogens is 1. The van der Waals surface area contributed by atoms with Crippen LogP contribution in [0.2, 0.25) is 5.02 Å². The Bertz CT molecular complexity index is 414. The third-order valence-corrected chi connectivity index (χ3v) is 3.17. The average Bonchev–Trinajstić information content (AvgIpc) is 2.84. The van der Waals surface area contributed by atoms with Gasteiger partial charge in [0.15, 0.2) is 0 Å². The van der Waals surface area contributed by atoms with E-state index >= 15 is 0 Å². The quantitative estimate of drug-likeness (QED) is 0.829. The molecule has 1 saturated heterocycles. The fourth-order valence-corrected chi connectivity index (χ4v) is 2.24. The first-order chi connectivity index (χ1) is 8.22. The van der Waals surface area contributed by atoms with Gasteiger partial charge in [0, 0.05) is 18.7 Å². The Balaban J connectivity index is 2.16. The van der Waals surface area contributed by atoms with Gasteiger partial charge in [0.2, 0.25) is 0 Å². The summed E-state index contributed by atoms with van der Waals surface area (Å²) in [6.45, 7) is 4.17. The summed E-state index contributed by atoms with van der Waals surface area (Å²) >= 11 is 6.06. The van der Waals surface area contributed by atoms with E-state index in [0.717, 1.165) is 25.9 Å². The van der Waals surface area contributed by atoms with Crippen LogP contribution in [-0.4, -0.2) is 30.5 Å². The van der Waals surface area contributed by atoms with E-state index in [-0.39, 0.29) is 5.91 Å². The number of hydrogen-bond acceptors (Lipinski definition) is 2. The minimum atomic E-state index is 0.0625. The van der Waals surface area contributed by atoms with Crippen molar-refractivity contribution in [1.82, 2.24) is 4.90 Å². The lowest BCUT2D eigenvalue weighted by Gasteiger charge is -2.15. The summed E-state index contributed by atoms with van der Waals surface area (Å²) < 4.78 is 5.34. The molecular formula is C13H16ClNO2. The zero-order valence-corrected chi connectivity index (χ0v) is 10.7. The first-order valence-corrected chi connectivity index (χ1v) is 6.32. The predicted octanol–water partition coefficient (Wildman–Crippen LogP) is 2.97. The van der Waals surface area contributed by atoms with Crippen LogP contribution in [0.15, 0.2) is 18.2 Å². The third kappa shape index (κ3) is 2.72. The molecule has 0 spiro atoms. The molecule has 0 bridgehead atoms. The predicted molar refractivity (Wildman–Crippen MR) is 67.8 cm³/mol. The first-order valence-electron chi connectivity index (χ1n) is 5.94. The van der Waals surface area contributed by atoms with Crippen LogP contribution in [0.5, 0.6) is 5.75 Å². The number of amides is 1. The van der Waals surface area contributed by atoms with E-state index in [4.69, 9.17) is 16.3 Å². The summed E-state index contributed by atoms with van der Waals surface area (Å²) in [6.07, 6.45) is 2.19. The van der Waals surface area contributed by atoms with Crippen molar-refractivity contribution in [2.75, 3.05) is 19.7 Å². The van der Waals surface area contributed by atoms with Crippen molar-refractivity contribution < 1.29 is 9.53 Å². The maximum atomic E-state index is 12.1. The summed E-state index contributed by atoms with van der Waals surface area (Å²) in [6, 6.07) is 5.22. The molecule has 92 valence electrons. The van der Waals surface area contributed by atoms with Gasteiger partial charge in [-0.1, -0.05) is 11.6 Å². The molecule has 1 aliphatic heterocycles. The van der Waals surface area contributed by atoms with E-state index in [1.165, 1.54) is 0 Å². The van der Waals surface area contributed by atoms with E-state index in [9.17, 15) is 4.79 Å². The second-order valence-electron chi connectivity index (χ2n) is 4.08. The fraction of sp³-hybridized carbons (Fsp3) is 0.462. The van der Waals surface area contributed by atoms with Crippen LogP contribution in [0.1, 0.15) is 30.1 Å². The van der Waals surface area contributed by atoms with Gasteiger partial charge in [-0.15, -0.1) is 0 Å². The molecule has 0 unspecified atom stereocenters. The van der Waals surface area contributed by atoms with E-state index < -0.39 is 0 Å². The number of benzene rings is 1. The zero-order chi connectivity index (χ0) is 12.3. The Kier molecular flexibility index (Phi) is 3.89. The van der Waals surface area contributed by atoms with Crippen LogP contribution in [0, 0.1) is 0 Å². The molecule has 0 radical (unpaired) electrons. The molecule has 1 amide bonds. The van der Waals surface area contributed by atoms with Crippen molar-refractivity contribution in [2.45, 2.75) is 19.8 Å². The van der Waals surface area contributed by atoms with Crippen LogP contribution >= 0.6 is 11.6 Å². The summed E-state index contributed by atoms with van der Waals surface area (Å²) in [5.74, 6) is 0.694. The Labute approximate surface area is 106 Å². The number of ether oxygens (including phenoxy) is 1. The van der Waals surface area contributed by atoms with Gasteiger partial charge in [-0.3, -0.25) is 4.79 Å². The number of hydrogen-bond donors (Lipinski definition) is 0. The van der Waals surface area contributed by atoms with E-state index in [1.807, 2.05) is 11.8 Å². The molecule has 4 heteroatoms. The van der Waals surface area contributed by atoms with Crippen LogP contribution in [0.4, 0.5) is 0 Å². The number of likely N-dealkylation sites (tertiary alicyclic amines) is 1. The first kappa shape index (κ1) is 12.2. The van der Waals surface area contributed by atoms with Crippen LogP contribution in [-0.2, 0) is 0 Å². The van der Waals surface area contributed by atoms with E-state index in [1.54, 1.807) is 18.2 Å². The maximum absolute atomic E-state index is 12.1. The van der Waals surface area contributed by atoms with Crippen molar-refractivity contribution in [1.29, 1.82) is 0 Å². The molecule has 1 aromatic carbocycles. The molecule has 0 saturated carbocycles. The summed E-state index contributed by atoms with van der Waals surface area (Å²) in [5.41, 5.74) is 0.639. The monoisotopic (exact) mass is 253 g/mol. The molecule has 0 aromatic heterocycles. The molecule has 3 nitrogen and oxygen atoms in total. The van der Waals surface area contributed by atoms with Crippen LogP contribution < -0.4 is 4.74 Å². The standard InChI is InChI=1S/C13H16ClNO2/c1-2-17-12-6-5-10(9-11(12)14)13(16)15-7-3-4-8-15/h5-6,9H,2-4,7-8H2,1H3. The fourth-order valence-electron chi connectivity index (χ4n) is 2.01. The van der Waals surface area contributed by atoms with Crippen molar-refractivity contribution in [3.63, 3.8) is 0 Å². The van der Waals surface area contributed by atoms with Gasteiger partial charge in [-0.05, 0) is 38.0 Å². The highest BCUT2D eigenvalue weighted by molar-refractivity contribution is 6.32. The van der Waals surface area contributed by atoms with Crippen LogP contribution in [0.3, 0.4) is 0 Å². The maximum Gasteiger partial charge on any atom is 0.253 e. The van der Waals surface area contributed by atoms with Crippen molar-refractivity contribution in [2.24, 2.45) is 0 Å². The molecule has 1 aromatic rings. The summed E-state index contributed by atoms with van der Waals surface area (Å²) in [4.78, 5) is 14.0. The molecule has 17 heavy (non-hydrogen) atoms. The van der Waals surface area contributed by atoms with Gasteiger partial charge in [0.05, 0.1) is 11.6 Å². The smallest absolute Gasteiger partial charge is 0.253 e. The molecular weight excluding hydrogens is 238 g/mol. The normalized spacial score (nSPS) is 15.1. The highest BCUT2D eigenvalue weighted by Gasteiger charge is 2.20. The molecule has 1 aliphatic rings.